The minimum absolute atomic E-state index is 0.0812. The van der Waals surface area contributed by atoms with E-state index < -0.39 is 26.7 Å². The number of nitrogens with zero attached hydrogens (tertiary/aromatic N) is 2. The summed E-state index contributed by atoms with van der Waals surface area (Å²) in [7, 11) is -3.94. The van der Waals surface area contributed by atoms with Crippen molar-refractivity contribution in [2.24, 2.45) is 0 Å². The first-order valence-corrected chi connectivity index (χ1v) is 6.13. The number of para-hydroxylation sites is 1. The zero-order chi connectivity index (χ0) is 12.6. The molecule has 1 heterocycles. The zero-order valence-corrected chi connectivity index (χ0v) is 9.33. The molecule has 1 aromatic carbocycles. The van der Waals surface area contributed by atoms with Crippen molar-refractivity contribution in [3.05, 3.63) is 34.4 Å². The summed E-state index contributed by atoms with van der Waals surface area (Å²) in [5.74, 6) is 0. The number of nitro benzene ring substituents is 1. The molecule has 0 saturated carbocycles. The lowest BCUT2D eigenvalue weighted by atomic mass is 10.3. The van der Waals surface area contributed by atoms with Crippen LogP contribution in [0.2, 0.25) is 0 Å². The summed E-state index contributed by atoms with van der Waals surface area (Å²) < 4.78 is 24.8. The minimum Gasteiger partial charge on any atom is -0.302 e. The molecule has 8 heteroatoms. The molecular formula is C9H8N2O5S. The van der Waals surface area contributed by atoms with Gasteiger partial charge >= 0.3 is 0 Å². The summed E-state index contributed by atoms with van der Waals surface area (Å²) in [6.45, 7) is 0.0812. The highest BCUT2D eigenvalue weighted by molar-refractivity contribution is 7.89. The van der Waals surface area contributed by atoms with E-state index in [0.717, 1.165) is 16.4 Å². The van der Waals surface area contributed by atoms with E-state index >= 15 is 0 Å². The van der Waals surface area contributed by atoms with Crippen LogP contribution < -0.4 is 0 Å². The van der Waals surface area contributed by atoms with Gasteiger partial charge in [-0.3, -0.25) is 10.1 Å². The summed E-state index contributed by atoms with van der Waals surface area (Å²) in [6, 6.07) is 4.37. The van der Waals surface area contributed by atoms with E-state index in [-0.39, 0.29) is 11.4 Å². The lowest BCUT2D eigenvalue weighted by Gasteiger charge is -2.04. The topological polar surface area (TPSA) is 97.4 Å². The Bertz CT molecular complexity index is 583. The Labute approximate surface area is 96.9 Å². The maximum Gasteiger partial charge on any atom is 0.289 e. The second-order valence-corrected chi connectivity index (χ2v) is 5.36. The van der Waals surface area contributed by atoms with Crippen molar-refractivity contribution in [2.45, 2.75) is 10.9 Å². The van der Waals surface area contributed by atoms with Crippen molar-refractivity contribution in [1.29, 1.82) is 0 Å². The van der Waals surface area contributed by atoms with E-state index in [1.54, 1.807) is 0 Å². The largest absolute Gasteiger partial charge is 0.302 e. The van der Waals surface area contributed by atoms with Gasteiger partial charge in [0.15, 0.2) is 4.90 Å². The van der Waals surface area contributed by atoms with Gasteiger partial charge in [0.2, 0.25) is 0 Å². The van der Waals surface area contributed by atoms with Gasteiger partial charge in [-0.15, -0.1) is 0 Å². The van der Waals surface area contributed by atoms with Gasteiger partial charge in [0, 0.05) is 12.6 Å². The number of benzene rings is 1. The fraction of sp³-hybridized carbons (Fsp3) is 0.222. The Hall–Kier alpha value is -1.80. The van der Waals surface area contributed by atoms with Crippen LogP contribution in [0, 0.1) is 10.1 Å². The Morgan fingerprint density at radius 2 is 2.06 bits per heavy atom. The summed E-state index contributed by atoms with van der Waals surface area (Å²) in [5, 5.41) is 10.7. The Kier molecular flexibility index (Phi) is 2.68. The van der Waals surface area contributed by atoms with E-state index in [4.69, 9.17) is 0 Å². The van der Waals surface area contributed by atoms with Crippen molar-refractivity contribution >= 4 is 22.0 Å². The Morgan fingerprint density at radius 1 is 1.41 bits per heavy atom. The average molecular weight is 256 g/mol. The molecule has 0 bridgehead atoms. The Balaban J connectivity index is 2.48. The molecule has 2 unspecified atom stereocenters. The maximum absolute atomic E-state index is 12.0. The quantitative estimate of drug-likeness (QED) is 0.331. The molecular weight excluding hydrogens is 248 g/mol. The predicted octanol–water partition coefficient (Wildman–Crippen LogP) is 0.167. The first kappa shape index (κ1) is 11.7. The number of hydrogen-bond acceptors (Lipinski definition) is 5. The van der Waals surface area contributed by atoms with Crippen molar-refractivity contribution in [3.63, 3.8) is 0 Å². The molecule has 1 aliphatic heterocycles. The molecule has 90 valence electrons. The number of hydrogen-bond donors (Lipinski definition) is 0. The van der Waals surface area contributed by atoms with Crippen molar-refractivity contribution in [1.82, 2.24) is 4.31 Å². The normalized spacial score (nSPS) is 23.1. The van der Waals surface area contributed by atoms with Gasteiger partial charge in [-0.25, -0.2) is 8.42 Å². The second-order valence-electron chi connectivity index (χ2n) is 3.50. The standard InChI is InChI=1S/C9H8N2O5S/c12-6-7-5-10(7)17(15,16)9-4-2-1-3-8(9)11(13)14/h1-4,6-7H,5H2. The molecule has 0 aliphatic carbocycles. The van der Waals surface area contributed by atoms with Crippen LogP contribution in [-0.4, -0.2) is 36.5 Å². The first-order chi connectivity index (χ1) is 7.98. The van der Waals surface area contributed by atoms with Crippen LogP contribution in [0.5, 0.6) is 0 Å². The van der Waals surface area contributed by atoms with E-state index in [9.17, 15) is 23.3 Å². The van der Waals surface area contributed by atoms with E-state index in [0.29, 0.717) is 6.29 Å². The second kappa shape index (κ2) is 3.90. The molecule has 0 spiro atoms. The molecule has 0 aromatic heterocycles. The maximum atomic E-state index is 12.0. The molecule has 7 nitrogen and oxygen atoms in total. The fourth-order valence-corrected chi connectivity index (χ4v) is 3.14. The molecule has 0 N–H and O–H groups in total. The molecule has 1 saturated heterocycles. The zero-order valence-electron chi connectivity index (χ0n) is 8.52. The number of carbonyl (C=O) groups excluding carboxylic acids is 1. The molecule has 1 aromatic rings. The highest BCUT2D eigenvalue weighted by Gasteiger charge is 2.46. The molecule has 0 radical (unpaired) electrons. The molecule has 17 heavy (non-hydrogen) atoms. The van der Waals surface area contributed by atoms with Gasteiger partial charge in [-0.05, 0) is 6.07 Å². The fourth-order valence-electron chi connectivity index (χ4n) is 1.48. The van der Waals surface area contributed by atoms with Gasteiger partial charge < -0.3 is 4.79 Å². The predicted molar refractivity (Wildman–Crippen MR) is 56.8 cm³/mol. The summed E-state index contributed by atoms with van der Waals surface area (Å²) in [4.78, 5) is 20.0. The van der Waals surface area contributed by atoms with Gasteiger partial charge in [0.25, 0.3) is 15.7 Å². The SMILES string of the molecule is O=CC1CN1S(=O)(=O)c1ccccc1[N+](=O)[O-]. The number of aldehydes is 1. The summed E-state index contributed by atoms with van der Waals surface area (Å²) >= 11 is 0. The van der Waals surface area contributed by atoms with Crippen LogP contribution in [0.25, 0.3) is 0 Å². The van der Waals surface area contributed by atoms with Gasteiger partial charge in [0.05, 0.1) is 11.0 Å². The van der Waals surface area contributed by atoms with Crippen molar-refractivity contribution in [2.75, 3.05) is 6.54 Å². The van der Waals surface area contributed by atoms with Crippen LogP contribution in [-0.2, 0) is 14.8 Å². The molecule has 1 aliphatic rings. The van der Waals surface area contributed by atoms with E-state index in [1.807, 2.05) is 0 Å². The molecule has 0 amide bonds. The first-order valence-electron chi connectivity index (χ1n) is 4.69. The third-order valence-electron chi connectivity index (χ3n) is 2.41. The van der Waals surface area contributed by atoms with Gasteiger partial charge in [0.1, 0.15) is 6.29 Å². The molecule has 1 fully saturated rings. The molecule has 2 rings (SSSR count). The summed E-state index contributed by atoms with van der Waals surface area (Å²) in [6.07, 6.45) is 0.506. The van der Waals surface area contributed by atoms with E-state index in [1.165, 1.54) is 12.1 Å². The minimum atomic E-state index is -3.94. The van der Waals surface area contributed by atoms with Crippen LogP contribution in [0.4, 0.5) is 5.69 Å². The molecule has 2 atom stereocenters. The number of rotatable bonds is 4. The monoisotopic (exact) mass is 256 g/mol. The van der Waals surface area contributed by atoms with Crippen LogP contribution in [0.15, 0.2) is 29.2 Å². The van der Waals surface area contributed by atoms with Crippen LogP contribution in [0.3, 0.4) is 0 Å². The smallest absolute Gasteiger partial charge is 0.289 e. The number of carbonyl (C=O) groups is 1. The number of nitro groups is 1. The Morgan fingerprint density at radius 3 is 2.59 bits per heavy atom. The summed E-state index contributed by atoms with van der Waals surface area (Å²) in [5.41, 5.74) is -0.482. The third-order valence-corrected chi connectivity index (χ3v) is 4.35. The highest BCUT2D eigenvalue weighted by atomic mass is 32.2. The van der Waals surface area contributed by atoms with Crippen molar-refractivity contribution < 1.29 is 18.1 Å². The lowest BCUT2D eigenvalue weighted by molar-refractivity contribution is -0.387. The lowest BCUT2D eigenvalue weighted by Crippen LogP contribution is -2.16. The van der Waals surface area contributed by atoms with Crippen molar-refractivity contribution in [3.8, 4) is 0 Å². The van der Waals surface area contributed by atoms with Crippen LogP contribution >= 0.6 is 0 Å². The average Bonchev–Trinajstić information content (AvgIpc) is 3.08. The van der Waals surface area contributed by atoms with E-state index in [2.05, 4.69) is 0 Å². The number of sulfonamides is 1. The van der Waals surface area contributed by atoms with Gasteiger partial charge in [-0.2, -0.15) is 4.31 Å². The van der Waals surface area contributed by atoms with Crippen LogP contribution in [0.1, 0.15) is 0 Å². The van der Waals surface area contributed by atoms with Gasteiger partial charge in [-0.1, -0.05) is 12.1 Å². The highest BCUT2D eigenvalue weighted by Crippen LogP contribution is 2.32. The third kappa shape index (κ3) is 1.92.